The molecule has 0 saturated heterocycles. The van der Waals surface area contributed by atoms with Gasteiger partial charge in [-0.05, 0) is 54.7 Å². The molecule has 2 aromatic rings. The van der Waals surface area contributed by atoms with E-state index in [2.05, 4.69) is 22.0 Å². The average molecular weight is 341 g/mol. The molecule has 1 aliphatic rings. The van der Waals surface area contributed by atoms with Crippen molar-refractivity contribution in [3.8, 4) is 0 Å². The third kappa shape index (κ3) is 2.91. The van der Waals surface area contributed by atoms with E-state index in [0.29, 0.717) is 10.9 Å². The number of benzene rings is 1. The van der Waals surface area contributed by atoms with Gasteiger partial charge in [-0.15, -0.1) is 11.3 Å². The molecule has 100 valence electrons. The largest absolute Gasteiger partial charge is 0.387 e. The number of aryl methyl sites for hydroxylation is 2. The lowest BCUT2D eigenvalue weighted by Crippen LogP contribution is -2.00. The van der Waals surface area contributed by atoms with Crippen molar-refractivity contribution < 1.29 is 9.50 Å². The zero-order valence-electron chi connectivity index (χ0n) is 10.3. The van der Waals surface area contributed by atoms with Gasteiger partial charge in [0.05, 0.1) is 6.10 Å². The highest BCUT2D eigenvalue weighted by molar-refractivity contribution is 9.10. The summed E-state index contributed by atoms with van der Waals surface area (Å²) in [6, 6.07) is 6.88. The van der Waals surface area contributed by atoms with E-state index in [-0.39, 0.29) is 5.82 Å². The predicted molar refractivity (Wildman–Crippen MR) is 79.1 cm³/mol. The van der Waals surface area contributed by atoms with E-state index in [1.165, 1.54) is 29.0 Å². The van der Waals surface area contributed by atoms with E-state index in [1.807, 2.05) is 6.07 Å². The molecule has 1 unspecified atom stereocenters. The molecule has 1 heterocycles. The van der Waals surface area contributed by atoms with E-state index < -0.39 is 6.10 Å². The summed E-state index contributed by atoms with van der Waals surface area (Å²) < 4.78 is 14.0. The number of hydrogen-bond acceptors (Lipinski definition) is 2. The van der Waals surface area contributed by atoms with Crippen LogP contribution < -0.4 is 0 Å². The predicted octanol–water partition coefficient (Wildman–Crippen LogP) is 4.41. The van der Waals surface area contributed by atoms with Gasteiger partial charge in [-0.3, -0.25) is 0 Å². The standard InChI is InChI=1S/C15H14BrFOS/c16-11-4-9(5-12(17)8-11)6-13(18)15-7-10-2-1-3-14(10)19-15/h4-5,7-8,13,18H,1-3,6H2. The summed E-state index contributed by atoms with van der Waals surface area (Å²) >= 11 is 4.98. The van der Waals surface area contributed by atoms with E-state index in [1.54, 1.807) is 11.3 Å². The zero-order valence-corrected chi connectivity index (χ0v) is 12.7. The highest BCUT2D eigenvalue weighted by Gasteiger charge is 2.19. The Morgan fingerprint density at radius 1 is 1.26 bits per heavy atom. The maximum atomic E-state index is 13.3. The molecule has 1 N–H and O–H groups in total. The Morgan fingerprint density at radius 3 is 2.84 bits per heavy atom. The molecular formula is C15H14BrFOS. The van der Waals surface area contributed by atoms with Crippen LogP contribution in [-0.2, 0) is 19.3 Å². The van der Waals surface area contributed by atoms with Crippen molar-refractivity contribution in [2.45, 2.75) is 31.8 Å². The normalized spacial score (nSPS) is 15.5. The third-order valence-corrected chi connectivity index (χ3v) is 5.24. The molecule has 0 radical (unpaired) electrons. The summed E-state index contributed by atoms with van der Waals surface area (Å²) in [7, 11) is 0. The van der Waals surface area contributed by atoms with Crippen LogP contribution in [0.15, 0.2) is 28.7 Å². The molecule has 0 bridgehead atoms. The lowest BCUT2D eigenvalue weighted by Gasteiger charge is -2.09. The minimum Gasteiger partial charge on any atom is -0.387 e. The molecule has 0 spiro atoms. The number of thiophene rings is 1. The second kappa shape index (κ2) is 5.35. The Hall–Kier alpha value is -0.710. The Labute approximate surface area is 124 Å². The second-order valence-corrected chi connectivity index (χ2v) is 7.03. The minimum absolute atomic E-state index is 0.273. The van der Waals surface area contributed by atoms with Gasteiger partial charge in [-0.25, -0.2) is 4.39 Å². The number of rotatable bonds is 3. The Morgan fingerprint density at radius 2 is 2.11 bits per heavy atom. The van der Waals surface area contributed by atoms with Gasteiger partial charge in [0.2, 0.25) is 0 Å². The minimum atomic E-state index is -0.538. The third-order valence-electron chi connectivity index (χ3n) is 3.45. The Balaban J connectivity index is 1.78. The van der Waals surface area contributed by atoms with Crippen molar-refractivity contribution in [3.05, 3.63) is 55.4 Å². The summed E-state index contributed by atoms with van der Waals surface area (Å²) in [5, 5.41) is 10.3. The first kappa shape index (κ1) is 13.3. The fraction of sp³-hybridized carbons (Fsp3) is 0.333. The van der Waals surface area contributed by atoms with Gasteiger partial charge in [0.15, 0.2) is 0 Å². The highest BCUT2D eigenvalue weighted by Crippen LogP contribution is 2.35. The Bertz CT molecular complexity index is 566. The second-order valence-electron chi connectivity index (χ2n) is 4.95. The summed E-state index contributed by atoms with van der Waals surface area (Å²) in [6.07, 6.45) is 3.41. The van der Waals surface area contributed by atoms with E-state index in [0.717, 1.165) is 23.3 Å². The van der Waals surface area contributed by atoms with Crippen LogP contribution in [0.4, 0.5) is 4.39 Å². The number of hydrogen-bond donors (Lipinski definition) is 1. The van der Waals surface area contributed by atoms with Crippen LogP contribution in [0.3, 0.4) is 0 Å². The van der Waals surface area contributed by atoms with Crippen molar-refractivity contribution in [3.63, 3.8) is 0 Å². The van der Waals surface area contributed by atoms with Crippen molar-refractivity contribution in [2.75, 3.05) is 0 Å². The lowest BCUT2D eigenvalue weighted by atomic mass is 10.1. The molecule has 4 heteroatoms. The monoisotopic (exact) mass is 340 g/mol. The molecule has 1 aromatic heterocycles. The van der Waals surface area contributed by atoms with E-state index >= 15 is 0 Å². The molecule has 0 aliphatic heterocycles. The van der Waals surface area contributed by atoms with Crippen LogP contribution >= 0.6 is 27.3 Å². The quantitative estimate of drug-likeness (QED) is 0.877. The molecule has 0 saturated carbocycles. The smallest absolute Gasteiger partial charge is 0.124 e. The zero-order chi connectivity index (χ0) is 13.4. The van der Waals surface area contributed by atoms with Gasteiger partial charge in [-0.1, -0.05) is 15.9 Å². The molecule has 3 rings (SSSR count). The van der Waals surface area contributed by atoms with Gasteiger partial charge < -0.3 is 5.11 Å². The van der Waals surface area contributed by atoms with E-state index in [4.69, 9.17) is 0 Å². The number of aliphatic hydroxyl groups excluding tert-OH is 1. The van der Waals surface area contributed by atoms with Crippen molar-refractivity contribution >= 4 is 27.3 Å². The molecule has 19 heavy (non-hydrogen) atoms. The van der Waals surface area contributed by atoms with Gasteiger partial charge in [0, 0.05) is 20.6 Å². The van der Waals surface area contributed by atoms with Gasteiger partial charge >= 0.3 is 0 Å². The van der Waals surface area contributed by atoms with Crippen molar-refractivity contribution in [1.29, 1.82) is 0 Å². The van der Waals surface area contributed by atoms with Crippen LogP contribution in [0.25, 0.3) is 0 Å². The van der Waals surface area contributed by atoms with Crippen molar-refractivity contribution in [2.24, 2.45) is 0 Å². The first-order valence-corrected chi connectivity index (χ1v) is 7.97. The van der Waals surface area contributed by atoms with Crippen LogP contribution in [-0.4, -0.2) is 5.11 Å². The van der Waals surface area contributed by atoms with Crippen molar-refractivity contribution in [1.82, 2.24) is 0 Å². The first-order chi connectivity index (χ1) is 9.11. The average Bonchev–Trinajstić information content (AvgIpc) is 2.86. The summed E-state index contributed by atoms with van der Waals surface area (Å²) in [5.41, 5.74) is 2.20. The fourth-order valence-corrected chi connectivity index (χ4v) is 4.33. The molecular weight excluding hydrogens is 327 g/mol. The van der Waals surface area contributed by atoms with Crippen LogP contribution in [0.5, 0.6) is 0 Å². The molecule has 0 amide bonds. The summed E-state index contributed by atoms with van der Waals surface area (Å²) in [6.45, 7) is 0. The lowest BCUT2D eigenvalue weighted by molar-refractivity contribution is 0.182. The van der Waals surface area contributed by atoms with E-state index in [9.17, 15) is 9.50 Å². The highest BCUT2D eigenvalue weighted by atomic mass is 79.9. The van der Waals surface area contributed by atoms with Gasteiger partial charge in [-0.2, -0.15) is 0 Å². The summed E-state index contributed by atoms with van der Waals surface area (Å²) in [5.74, 6) is -0.273. The first-order valence-electron chi connectivity index (χ1n) is 6.36. The molecule has 1 nitrogen and oxygen atoms in total. The number of fused-ring (bicyclic) bond motifs is 1. The molecule has 1 atom stereocenters. The van der Waals surface area contributed by atoms with Crippen LogP contribution in [0.2, 0.25) is 0 Å². The molecule has 0 fully saturated rings. The maximum Gasteiger partial charge on any atom is 0.124 e. The van der Waals surface area contributed by atoms with Crippen LogP contribution in [0, 0.1) is 5.82 Å². The topological polar surface area (TPSA) is 20.2 Å². The van der Waals surface area contributed by atoms with Crippen LogP contribution in [0.1, 0.15) is 33.4 Å². The molecule has 1 aliphatic carbocycles. The number of aliphatic hydroxyl groups is 1. The SMILES string of the molecule is OC(Cc1cc(F)cc(Br)c1)c1cc2c(s1)CCC2. The molecule has 1 aromatic carbocycles. The number of halogens is 2. The fourth-order valence-electron chi connectivity index (χ4n) is 2.57. The maximum absolute atomic E-state index is 13.3. The van der Waals surface area contributed by atoms with Gasteiger partial charge in [0.1, 0.15) is 5.82 Å². The summed E-state index contributed by atoms with van der Waals surface area (Å²) in [4.78, 5) is 2.42. The Kier molecular flexibility index (Phi) is 3.74. The van der Waals surface area contributed by atoms with Gasteiger partial charge in [0.25, 0.3) is 0 Å².